The second-order valence-electron chi connectivity index (χ2n) is 4.81. The van der Waals surface area contributed by atoms with Gasteiger partial charge in [0.25, 0.3) is 0 Å². The zero-order valence-corrected chi connectivity index (χ0v) is 11.7. The highest BCUT2D eigenvalue weighted by molar-refractivity contribution is 5.88. The molecule has 106 valence electrons. The van der Waals surface area contributed by atoms with Crippen LogP contribution in [0.3, 0.4) is 0 Å². The summed E-state index contributed by atoms with van der Waals surface area (Å²) in [5.41, 5.74) is 3.77. The molecule has 0 aliphatic carbocycles. The van der Waals surface area contributed by atoms with Crippen molar-refractivity contribution in [2.24, 2.45) is 0 Å². The van der Waals surface area contributed by atoms with Crippen LogP contribution < -0.4 is 10.6 Å². The molecule has 3 rings (SSSR count). The van der Waals surface area contributed by atoms with Crippen LogP contribution in [0.25, 0.3) is 11.0 Å². The predicted molar refractivity (Wildman–Crippen MR) is 84.2 cm³/mol. The van der Waals surface area contributed by atoms with Gasteiger partial charge in [-0.2, -0.15) is 0 Å². The summed E-state index contributed by atoms with van der Waals surface area (Å²) in [4.78, 5) is 18.7. The second kappa shape index (κ2) is 5.66. The number of para-hydroxylation sites is 2. The molecule has 0 saturated heterocycles. The monoisotopic (exact) mass is 280 g/mol. The van der Waals surface area contributed by atoms with E-state index in [0.717, 1.165) is 28.2 Å². The number of hydrogen-bond acceptors (Lipinski definition) is 3. The fraction of sp³-hybridized carbons (Fsp3) is 0.125. The number of benzene rings is 2. The van der Waals surface area contributed by atoms with E-state index in [1.165, 1.54) is 6.92 Å². The average molecular weight is 280 g/mol. The number of carbonyl (C=O) groups is 1. The topological polar surface area (TPSA) is 69.8 Å². The lowest BCUT2D eigenvalue weighted by atomic mass is 10.2. The Morgan fingerprint density at radius 3 is 2.52 bits per heavy atom. The molecule has 3 N–H and O–H groups in total. The number of rotatable bonds is 4. The van der Waals surface area contributed by atoms with Gasteiger partial charge in [0.05, 0.1) is 17.6 Å². The molecular weight excluding hydrogens is 264 g/mol. The molecule has 5 heteroatoms. The Bertz CT molecular complexity index is 728. The third-order valence-corrected chi connectivity index (χ3v) is 3.10. The van der Waals surface area contributed by atoms with Gasteiger partial charge < -0.3 is 15.6 Å². The zero-order chi connectivity index (χ0) is 14.7. The predicted octanol–water partition coefficient (Wildman–Crippen LogP) is 3.13. The van der Waals surface area contributed by atoms with Crippen molar-refractivity contribution in [2.75, 3.05) is 10.6 Å². The van der Waals surface area contributed by atoms with E-state index in [2.05, 4.69) is 20.6 Å². The molecule has 0 bridgehead atoms. The van der Waals surface area contributed by atoms with Gasteiger partial charge in [-0.3, -0.25) is 4.79 Å². The summed E-state index contributed by atoms with van der Waals surface area (Å²) in [7, 11) is 0. The smallest absolute Gasteiger partial charge is 0.221 e. The van der Waals surface area contributed by atoms with E-state index < -0.39 is 0 Å². The molecule has 0 radical (unpaired) electrons. The van der Waals surface area contributed by atoms with E-state index in [9.17, 15) is 4.79 Å². The molecule has 0 fully saturated rings. The van der Waals surface area contributed by atoms with Gasteiger partial charge in [0.15, 0.2) is 0 Å². The maximum Gasteiger partial charge on any atom is 0.221 e. The first-order chi connectivity index (χ1) is 10.2. The zero-order valence-electron chi connectivity index (χ0n) is 11.7. The number of amides is 1. The Morgan fingerprint density at radius 1 is 1.10 bits per heavy atom. The SMILES string of the molecule is CC(=O)Nc1ccc(NCc2nc3ccccc3[nH]2)cc1. The van der Waals surface area contributed by atoms with Crippen LogP contribution in [-0.2, 0) is 11.3 Å². The number of anilines is 2. The molecule has 21 heavy (non-hydrogen) atoms. The number of carbonyl (C=O) groups excluding carboxylic acids is 1. The van der Waals surface area contributed by atoms with Crippen LogP contribution in [-0.4, -0.2) is 15.9 Å². The highest BCUT2D eigenvalue weighted by Crippen LogP contribution is 2.15. The number of fused-ring (bicyclic) bond motifs is 1. The third kappa shape index (κ3) is 3.20. The molecule has 5 nitrogen and oxygen atoms in total. The van der Waals surface area contributed by atoms with Crippen molar-refractivity contribution in [3.8, 4) is 0 Å². The van der Waals surface area contributed by atoms with Crippen LogP contribution in [0, 0.1) is 0 Å². The summed E-state index contributed by atoms with van der Waals surface area (Å²) < 4.78 is 0. The van der Waals surface area contributed by atoms with Crippen LogP contribution >= 0.6 is 0 Å². The summed E-state index contributed by atoms with van der Waals surface area (Å²) in [5, 5.41) is 6.03. The maximum absolute atomic E-state index is 11.0. The number of hydrogen-bond donors (Lipinski definition) is 3. The maximum atomic E-state index is 11.0. The number of nitrogens with one attached hydrogen (secondary N) is 3. The van der Waals surface area contributed by atoms with Crippen molar-refractivity contribution in [1.29, 1.82) is 0 Å². The minimum Gasteiger partial charge on any atom is -0.378 e. The summed E-state index contributed by atoms with van der Waals surface area (Å²) in [6.07, 6.45) is 0. The first kappa shape index (κ1) is 13.2. The molecule has 0 atom stereocenters. The minimum atomic E-state index is -0.0713. The van der Waals surface area contributed by atoms with Gasteiger partial charge in [-0.1, -0.05) is 12.1 Å². The standard InChI is InChI=1S/C16H16N4O/c1-11(21)18-13-8-6-12(7-9-13)17-10-16-19-14-4-2-3-5-15(14)20-16/h2-9,17H,10H2,1H3,(H,18,21)(H,19,20). The lowest BCUT2D eigenvalue weighted by Crippen LogP contribution is -2.06. The Morgan fingerprint density at radius 2 is 1.81 bits per heavy atom. The fourth-order valence-corrected chi connectivity index (χ4v) is 2.15. The van der Waals surface area contributed by atoms with Crippen LogP contribution in [0.1, 0.15) is 12.7 Å². The van der Waals surface area contributed by atoms with Gasteiger partial charge in [-0.05, 0) is 36.4 Å². The van der Waals surface area contributed by atoms with E-state index in [-0.39, 0.29) is 5.91 Å². The Labute approximate surface area is 122 Å². The van der Waals surface area contributed by atoms with Gasteiger partial charge in [-0.25, -0.2) is 4.98 Å². The number of imidazole rings is 1. The molecule has 1 aromatic heterocycles. The van der Waals surface area contributed by atoms with Crippen molar-refractivity contribution in [1.82, 2.24) is 9.97 Å². The first-order valence-electron chi connectivity index (χ1n) is 6.76. The number of aromatic nitrogens is 2. The fourth-order valence-electron chi connectivity index (χ4n) is 2.15. The van der Waals surface area contributed by atoms with E-state index in [1.54, 1.807) is 0 Å². The first-order valence-corrected chi connectivity index (χ1v) is 6.76. The number of nitrogens with zero attached hydrogens (tertiary/aromatic N) is 1. The van der Waals surface area contributed by atoms with E-state index in [0.29, 0.717) is 6.54 Å². The molecule has 2 aromatic carbocycles. The molecule has 0 aliphatic heterocycles. The van der Waals surface area contributed by atoms with Crippen molar-refractivity contribution in [3.05, 3.63) is 54.4 Å². The summed E-state index contributed by atoms with van der Waals surface area (Å²) in [6.45, 7) is 2.11. The van der Waals surface area contributed by atoms with Gasteiger partial charge >= 0.3 is 0 Å². The van der Waals surface area contributed by atoms with Crippen LogP contribution in [0.15, 0.2) is 48.5 Å². The quantitative estimate of drug-likeness (QED) is 0.687. The third-order valence-electron chi connectivity index (χ3n) is 3.10. The lowest BCUT2D eigenvalue weighted by molar-refractivity contribution is -0.114. The summed E-state index contributed by atoms with van der Waals surface area (Å²) in [6, 6.07) is 15.5. The van der Waals surface area contributed by atoms with Crippen LogP contribution in [0.2, 0.25) is 0 Å². The van der Waals surface area contributed by atoms with E-state index in [4.69, 9.17) is 0 Å². The molecule has 0 spiro atoms. The van der Waals surface area contributed by atoms with Crippen molar-refractivity contribution in [3.63, 3.8) is 0 Å². The molecule has 0 aliphatic rings. The Balaban J connectivity index is 1.65. The lowest BCUT2D eigenvalue weighted by Gasteiger charge is -2.06. The largest absolute Gasteiger partial charge is 0.378 e. The Kier molecular flexibility index (Phi) is 3.55. The van der Waals surface area contributed by atoms with Gasteiger partial charge in [0, 0.05) is 18.3 Å². The molecule has 0 unspecified atom stereocenters. The molecular formula is C16H16N4O. The van der Waals surface area contributed by atoms with Crippen LogP contribution in [0.5, 0.6) is 0 Å². The van der Waals surface area contributed by atoms with E-state index >= 15 is 0 Å². The normalized spacial score (nSPS) is 10.5. The van der Waals surface area contributed by atoms with Crippen molar-refractivity contribution >= 4 is 28.3 Å². The Hall–Kier alpha value is -2.82. The molecule has 0 saturated carbocycles. The minimum absolute atomic E-state index is 0.0713. The number of aromatic amines is 1. The number of H-pyrrole nitrogens is 1. The van der Waals surface area contributed by atoms with Crippen molar-refractivity contribution in [2.45, 2.75) is 13.5 Å². The summed E-state index contributed by atoms with van der Waals surface area (Å²) in [5.74, 6) is 0.820. The highest BCUT2D eigenvalue weighted by Gasteiger charge is 2.02. The average Bonchev–Trinajstić information content (AvgIpc) is 2.89. The molecule has 1 heterocycles. The highest BCUT2D eigenvalue weighted by atomic mass is 16.1. The van der Waals surface area contributed by atoms with Gasteiger partial charge in [0.2, 0.25) is 5.91 Å². The summed E-state index contributed by atoms with van der Waals surface area (Å²) >= 11 is 0. The van der Waals surface area contributed by atoms with E-state index in [1.807, 2.05) is 48.5 Å². The van der Waals surface area contributed by atoms with Gasteiger partial charge in [0.1, 0.15) is 5.82 Å². The molecule has 1 amide bonds. The second-order valence-corrected chi connectivity index (χ2v) is 4.81. The van der Waals surface area contributed by atoms with Gasteiger partial charge in [-0.15, -0.1) is 0 Å². The van der Waals surface area contributed by atoms with Crippen LogP contribution in [0.4, 0.5) is 11.4 Å². The van der Waals surface area contributed by atoms with Crippen molar-refractivity contribution < 1.29 is 4.79 Å². The molecule has 3 aromatic rings.